The molecule has 2 rings (SSSR count). The fourth-order valence-electron chi connectivity index (χ4n) is 2.86. The molecule has 0 bridgehead atoms. The summed E-state index contributed by atoms with van der Waals surface area (Å²) >= 11 is 3.96. The topological polar surface area (TPSA) is 179 Å². The summed E-state index contributed by atoms with van der Waals surface area (Å²) in [5.41, 5.74) is 0. The average molecular weight is 402 g/mol. The van der Waals surface area contributed by atoms with Crippen LogP contribution in [0.15, 0.2) is 0 Å². The standard InChI is InChI=1S/C14H26O11S/c15-3-5-7(17)8(18)10(20)14(23-5)25-12-6(4-16)24-13(22-1-2-26)11(21)9(12)19/h5-21,26H,1-4H2/t5?,6?,7-,8+,9-,10?,11?,12-,13-,14+/m1/s1. The van der Waals surface area contributed by atoms with Gasteiger partial charge in [-0.1, -0.05) is 0 Å². The normalized spacial score (nSPS) is 47.1. The van der Waals surface area contributed by atoms with Crippen molar-refractivity contribution in [2.24, 2.45) is 0 Å². The lowest BCUT2D eigenvalue weighted by molar-refractivity contribution is -0.359. The molecule has 0 aromatic rings. The zero-order chi connectivity index (χ0) is 19.4. The summed E-state index contributed by atoms with van der Waals surface area (Å²) < 4.78 is 21.2. The van der Waals surface area contributed by atoms with Crippen molar-refractivity contribution in [2.45, 2.75) is 61.4 Å². The third-order valence-electron chi connectivity index (χ3n) is 4.33. The number of aliphatic hydroxyl groups is 7. The van der Waals surface area contributed by atoms with Crippen LogP contribution in [0.5, 0.6) is 0 Å². The highest BCUT2D eigenvalue weighted by molar-refractivity contribution is 7.80. The van der Waals surface area contributed by atoms with Crippen molar-refractivity contribution in [3.05, 3.63) is 0 Å². The minimum Gasteiger partial charge on any atom is -0.394 e. The summed E-state index contributed by atoms with van der Waals surface area (Å²) in [5, 5.41) is 68.7. The second-order valence-electron chi connectivity index (χ2n) is 6.10. The van der Waals surface area contributed by atoms with Crippen molar-refractivity contribution >= 4 is 12.6 Å². The van der Waals surface area contributed by atoms with Crippen molar-refractivity contribution in [2.75, 3.05) is 25.6 Å². The van der Waals surface area contributed by atoms with Crippen LogP contribution in [-0.2, 0) is 18.9 Å². The first-order chi connectivity index (χ1) is 12.3. The fraction of sp³-hybridized carbons (Fsp3) is 1.00. The summed E-state index contributed by atoms with van der Waals surface area (Å²) in [6.07, 6.45) is -14.5. The van der Waals surface area contributed by atoms with Gasteiger partial charge in [-0.15, -0.1) is 0 Å². The van der Waals surface area contributed by atoms with E-state index in [1.165, 1.54) is 0 Å². The lowest BCUT2D eigenvalue weighted by atomic mass is 9.97. The Labute approximate surface area is 155 Å². The number of hydrogen-bond acceptors (Lipinski definition) is 12. The molecule has 0 aromatic heterocycles. The Bertz CT molecular complexity index is 426. The number of thiol groups is 1. The Morgan fingerprint density at radius 1 is 0.731 bits per heavy atom. The predicted octanol–water partition coefficient (Wildman–Crippen LogP) is -4.44. The second-order valence-corrected chi connectivity index (χ2v) is 6.55. The lowest BCUT2D eigenvalue weighted by Crippen LogP contribution is -2.64. The van der Waals surface area contributed by atoms with Crippen LogP contribution in [0.25, 0.3) is 0 Å². The highest BCUT2D eigenvalue weighted by Gasteiger charge is 2.50. The Kier molecular flexibility index (Phi) is 8.46. The number of aliphatic hydroxyl groups excluding tert-OH is 7. The van der Waals surface area contributed by atoms with Crippen LogP contribution in [0.4, 0.5) is 0 Å². The molecule has 0 aliphatic carbocycles. The molecule has 2 heterocycles. The van der Waals surface area contributed by atoms with Crippen LogP contribution < -0.4 is 0 Å². The molecule has 0 amide bonds. The Balaban J connectivity index is 2.09. The molecular weight excluding hydrogens is 376 g/mol. The van der Waals surface area contributed by atoms with Gasteiger partial charge in [-0.05, 0) is 0 Å². The molecule has 4 unspecified atom stereocenters. The van der Waals surface area contributed by atoms with Crippen molar-refractivity contribution < 1.29 is 54.7 Å². The summed E-state index contributed by atoms with van der Waals surface area (Å²) in [5.74, 6) is 0.345. The minimum atomic E-state index is -1.70. The first-order valence-electron chi connectivity index (χ1n) is 8.16. The van der Waals surface area contributed by atoms with Crippen LogP contribution >= 0.6 is 12.6 Å². The van der Waals surface area contributed by atoms with E-state index in [1.807, 2.05) is 0 Å². The van der Waals surface area contributed by atoms with E-state index < -0.39 is 74.6 Å². The molecule has 0 aromatic carbocycles. The highest BCUT2D eigenvalue weighted by atomic mass is 32.1. The lowest BCUT2D eigenvalue weighted by Gasteiger charge is -2.45. The Morgan fingerprint density at radius 2 is 1.31 bits per heavy atom. The number of ether oxygens (including phenoxy) is 4. The van der Waals surface area contributed by atoms with Gasteiger partial charge in [0.25, 0.3) is 0 Å². The Morgan fingerprint density at radius 3 is 1.88 bits per heavy atom. The van der Waals surface area contributed by atoms with Gasteiger partial charge >= 0.3 is 0 Å². The van der Waals surface area contributed by atoms with E-state index >= 15 is 0 Å². The molecule has 11 nitrogen and oxygen atoms in total. The fourth-order valence-corrected chi connectivity index (χ4v) is 2.97. The van der Waals surface area contributed by atoms with Crippen LogP contribution in [0.1, 0.15) is 0 Å². The van der Waals surface area contributed by atoms with Crippen LogP contribution in [0.3, 0.4) is 0 Å². The van der Waals surface area contributed by atoms with E-state index in [-0.39, 0.29) is 6.61 Å². The second kappa shape index (κ2) is 9.91. The van der Waals surface area contributed by atoms with E-state index in [0.29, 0.717) is 5.75 Å². The van der Waals surface area contributed by atoms with Gasteiger partial charge in [-0.25, -0.2) is 0 Å². The minimum absolute atomic E-state index is 0.133. The molecule has 2 fully saturated rings. The summed E-state index contributed by atoms with van der Waals surface area (Å²) in [7, 11) is 0. The molecule has 26 heavy (non-hydrogen) atoms. The molecule has 7 N–H and O–H groups in total. The largest absolute Gasteiger partial charge is 0.394 e. The van der Waals surface area contributed by atoms with Crippen LogP contribution in [0, 0.1) is 0 Å². The number of rotatable bonds is 7. The summed E-state index contributed by atoms with van der Waals surface area (Å²) in [6.45, 7) is -1.12. The van der Waals surface area contributed by atoms with Gasteiger partial charge in [0.05, 0.1) is 19.8 Å². The van der Waals surface area contributed by atoms with Gasteiger partial charge in [0.2, 0.25) is 0 Å². The quantitative estimate of drug-likeness (QED) is 0.193. The molecule has 0 saturated carbocycles. The zero-order valence-corrected chi connectivity index (χ0v) is 14.7. The monoisotopic (exact) mass is 402 g/mol. The van der Waals surface area contributed by atoms with Gasteiger partial charge in [-0.3, -0.25) is 0 Å². The van der Waals surface area contributed by atoms with Crippen molar-refractivity contribution in [3.63, 3.8) is 0 Å². The third-order valence-corrected chi connectivity index (χ3v) is 4.52. The molecule has 12 heteroatoms. The van der Waals surface area contributed by atoms with Gasteiger partial charge in [0, 0.05) is 5.75 Å². The first kappa shape index (κ1) is 22.2. The maximum absolute atomic E-state index is 10.3. The predicted molar refractivity (Wildman–Crippen MR) is 86.2 cm³/mol. The van der Waals surface area contributed by atoms with Gasteiger partial charge in [0.15, 0.2) is 12.6 Å². The molecular formula is C14H26O11S. The molecule has 2 aliphatic rings. The molecule has 0 spiro atoms. The summed E-state index contributed by atoms with van der Waals surface area (Å²) in [4.78, 5) is 0. The van der Waals surface area contributed by atoms with E-state index in [0.717, 1.165) is 0 Å². The molecule has 0 radical (unpaired) electrons. The molecule has 2 saturated heterocycles. The smallest absolute Gasteiger partial charge is 0.187 e. The highest BCUT2D eigenvalue weighted by Crippen LogP contribution is 2.29. The van der Waals surface area contributed by atoms with Crippen molar-refractivity contribution in [1.82, 2.24) is 0 Å². The summed E-state index contributed by atoms with van der Waals surface area (Å²) in [6, 6.07) is 0. The molecule has 154 valence electrons. The molecule has 10 atom stereocenters. The average Bonchev–Trinajstić information content (AvgIpc) is 2.64. The zero-order valence-electron chi connectivity index (χ0n) is 13.8. The Hall–Kier alpha value is -0.0900. The van der Waals surface area contributed by atoms with Gasteiger partial charge in [-0.2, -0.15) is 12.6 Å². The van der Waals surface area contributed by atoms with E-state index in [1.54, 1.807) is 0 Å². The van der Waals surface area contributed by atoms with Gasteiger partial charge < -0.3 is 54.7 Å². The molecule has 2 aliphatic heterocycles. The van der Waals surface area contributed by atoms with Crippen molar-refractivity contribution in [1.29, 1.82) is 0 Å². The SMILES string of the molecule is OCC1O[C@@H](O[C@@H]2C(CO)O[C@@H](OCCS)C(O)[C@H]2O)C(O)[C@@H](O)[C@@H]1O. The van der Waals surface area contributed by atoms with Gasteiger partial charge in [0.1, 0.15) is 48.8 Å². The first-order valence-corrected chi connectivity index (χ1v) is 8.79. The third kappa shape index (κ3) is 4.66. The maximum atomic E-state index is 10.3. The van der Waals surface area contributed by atoms with E-state index in [4.69, 9.17) is 18.9 Å². The number of hydrogen-bond donors (Lipinski definition) is 8. The van der Waals surface area contributed by atoms with E-state index in [9.17, 15) is 35.7 Å². The van der Waals surface area contributed by atoms with Crippen LogP contribution in [0.2, 0.25) is 0 Å². The van der Waals surface area contributed by atoms with E-state index in [2.05, 4.69) is 12.6 Å². The van der Waals surface area contributed by atoms with Crippen LogP contribution in [-0.4, -0.2) is 123 Å². The maximum Gasteiger partial charge on any atom is 0.187 e. The van der Waals surface area contributed by atoms with Crippen molar-refractivity contribution in [3.8, 4) is 0 Å².